The molecule has 6 unspecified atom stereocenters. The van der Waals surface area contributed by atoms with E-state index in [1.54, 1.807) is 33.8 Å². The molecule has 376 valence electrons. The van der Waals surface area contributed by atoms with Gasteiger partial charge in [0, 0.05) is 53.4 Å². The number of alkyl halides is 1. The van der Waals surface area contributed by atoms with Crippen LogP contribution in [0.4, 0.5) is 4.39 Å². The van der Waals surface area contributed by atoms with Crippen LogP contribution in [0.15, 0.2) is 47.6 Å². The van der Waals surface area contributed by atoms with E-state index in [2.05, 4.69) is 5.32 Å². The number of esters is 1. The molecule has 8 aliphatic rings. The fraction of sp³-hybridized carbons (Fsp3) is 0.692. The second-order valence-electron chi connectivity index (χ2n) is 22.8. The molecule has 8 rings (SSSR count). The second-order valence-corrected chi connectivity index (χ2v) is 22.8. The first-order valence-corrected chi connectivity index (χ1v) is 24.4. The highest BCUT2D eigenvalue weighted by atomic mass is 19.1. The van der Waals surface area contributed by atoms with Crippen molar-refractivity contribution in [3.63, 3.8) is 0 Å². The van der Waals surface area contributed by atoms with E-state index in [-0.39, 0.29) is 55.0 Å². The molecule has 0 aromatic carbocycles. The molecular formula is C52H67FN2O14. The van der Waals surface area contributed by atoms with Crippen LogP contribution < -0.4 is 5.32 Å². The maximum absolute atomic E-state index is 17.8. The highest BCUT2D eigenvalue weighted by molar-refractivity contribution is 6.02. The van der Waals surface area contributed by atoms with Crippen molar-refractivity contribution in [2.24, 2.45) is 62.6 Å². The molecule has 2 amide bonds. The maximum atomic E-state index is 17.8. The molecule has 0 bridgehead atoms. The molecule has 69 heavy (non-hydrogen) atoms. The van der Waals surface area contributed by atoms with Gasteiger partial charge in [0.05, 0.1) is 24.4 Å². The van der Waals surface area contributed by atoms with Gasteiger partial charge >= 0.3 is 11.9 Å². The number of ether oxygens (including phenoxy) is 1. The average molecular weight is 963 g/mol. The lowest BCUT2D eigenvalue weighted by Gasteiger charge is -2.64. The van der Waals surface area contributed by atoms with Crippen molar-refractivity contribution in [3.8, 4) is 0 Å². The van der Waals surface area contributed by atoms with E-state index in [4.69, 9.17) is 4.74 Å². The molecule has 0 saturated heterocycles. The smallest absolute Gasteiger partial charge is 0.326 e. The summed E-state index contributed by atoms with van der Waals surface area (Å²) in [4.78, 5) is 105. The van der Waals surface area contributed by atoms with Crippen molar-refractivity contribution in [1.29, 1.82) is 0 Å². The largest absolute Gasteiger partial charge is 0.481 e. The quantitative estimate of drug-likeness (QED) is 0.115. The van der Waals surface area contributed by atoms with Crippen molar-refractivity contribution in [3.05, 3.63) is 47.6 Å². The van der Waals surface area contributed by atoms with Crippen LogP contribution in [0, 0.1) is 62.6 Å². The molecule has 6 N–H and O–H groups in total. The Morgan fingerprint density at radius 2 is 1.57 bits per heavy atom. The number of carbonyl (C=O) groups excluding carboxylic acids is 7. The third-order valence-corrected chi connectivity index (χ3v) is 20.0. The fourth-order valence-electron chi connectivity index (χ4n) is 16.4. The Hall–Kier alpha value is -4.71. The number of allylic oxidation sites excluding steroid dienone is 8. The minimum atomic E-state index is -2.49. The number of fused-ring (bicyclic) bond motifs is 10. The van der Waals surface area contributed by atoms with Crippen LogP contribution in [0.1, 0.15) is 105 Å². The normalized spacial score (nSPS) is 43.5. The summed E-state index contributed by atoms with van der Waals surface area (Å²) >= 11 is 0. The molecule has 6 saturated carbocycles. The topological polar surface area (TPSA) is 262 Å². The Labute approximate surface area is 400 Å². The van der Waals surface area contributed by atoms with Crippen molar-refractivity contribution < 1.29 is 73.0 Å². The molecule has 16 atom stereocenters. The number of aliphatic carboxylic acids is 1. The van der Waals surface area contributed by atoms with E-state index in [9.17, 15) is 63.9 Å². The van der Waals surface area contributed by atoms with E-state index in [0.717, 1.165) is 10.5 Å². The Balaban J connectivity index is 0.894. The number of amides is 2. The molecule has 17 heteroatoms. The number of likely N-dealkylation sites (N-methyl/N-ethyl adjacent to an activating group) is 1. The second kappa shape index (κ2) is 17.0. The number of carboxylic acid groups (broad SMARTS) is 1. The van der Waals surface area contributed by atoms with Gasteiger partial charge in [0.25, 0.3) is 0 Å². The minimum absolute atomic E-state index is 0.0403. The highest BCUT2D eigenvalue weighted by Gasteiger charge is 2.79. The first kappa shape index (κ1) is 50.7. The van der Waals surface area contributed by atoms with Crippen molar-refractivity contribution in [2.75, 3.05) is 26.7 Å². The van der Waals surface area contributed by atoms with Crippen molar-refractivity contribution in [1.82, 2.24) is 10.2 Å². The van der Waals surface area contributed by atoms with E-state index in [0.29, 0.717) is 37.5 Å². The van der Waals surface area contributed by atoms with Gasteiger partial charge in [-0.3, -0.25) is 33.6 Å². The van der Waals surface area contributed by atoms with Crippen LogP contribution in [-0.2, 0) is 43.1 Å². The number of carboxylic acids is 1. The molecule has 16 nitrogen and oxygen atoms in total. The van der Waals surface area contributed by atoms with Crippen LogP contribution in [0.2, 0.25) is 0 Å². The van der Waals surface area contributed by atoms with E-state index >= 15 is 4.39 Å². The summed E-state index contributed by atoms with van der Waals surface area (Å²) in [6.07, 6.45) is 7.33. The average Bonchev–Trinajstić information content (AvgIpc) is 3.67. The number of ketones is 3. The summed E-state index contributed by atoms with van der Waals surface area (Å²) in [6, 6.07) is 0. The number of hydrogen-bond acceptors (Lipinski definition) is 13. The van der Waals surface area contributed by atoms with Gasteiger partial charge in [-0.2, -0.15) is 0 Å². The van der Waals surface area contributed by atoms with Gasteiger partial charge in [-0.15, -0.1) is 0 Å². The number of aliphatic hydroxyl groups is 4. The SMILES string of the molecule is C[C@@H]1CC2C3CCC4=CC(=O)C=C[C@]4(C)[C@@]3(F)[C@@H](O)C[C@]2(C)[C@@]1(O)C(CC=O)(CC(=O)NCC(=O)N(C)CC(=O)OCC(=O)[C@@]1(O)CCC2C3CCC4=CC(=O)C=C[C@]4(C)C3[C@@H](O)C[C@@]21C)C(=O)O. The summed E-state index contributed by atoms with van der Waals surface area (Å²) in [5.74, 6) is -8.52. The number of Topliss-reactive ketones (excluding diaryl/α,β-unsaturated/α-hetero) is 1. The Kier molecular flexibility index (Phi) is 12.5. The zero-order valence-electron chi connectivity index (χ0n) is 40.3. The summed E-state index contributed by atoms with van der Waals surface area (Å²) < 4.78 is 23.1. The van der Waals surface area contributed by atoms with Crippen LogP contribution in [0.5, 0.6) is 0 Å². The van der Waals surface area contributed by atoms with Crippen molar-refractivity contribution in [2.45, 2.75) is 134 Å². The lowest BCUT2D eigenvalue weighted by atomic mass is 9.42. The monoisotopic (exact) mass is 962 g/mol. The van der Waals surface area contributed by atoms with Crippen LogP contribution in [0.25, 0.3) is 0 Å². The van der Waals surface area contributed by atoms with Gasteiger partial charge in [-0.25, -0.2) is 4.39 Å². The van der Waals surface area contributed by atoms with Gasteiger partial charge in [0.2, 0.25) is 17.6 Å². The third kappa shape index (κ3) is 7.00. The zero-order chi connectivity index (χ0) is 50.7. The molecule has 6 fully saturated rings. The number of nitrogens with one attached hydrogen (secondary N) is 1. The van der Waals surface area contributed by atoms with Crippen molar-refractivity contribution >= 4 is 47.4 Å². The summed E-state index contributed by atoms with van der Waals surface area (Å²) in [5.41, 5.74) is -12.0. The number of hydrogen-bond donors (Lipinski definition) is 6. The molecule has 0 aromatic rings. The first-order valence-electron chi connectivity index (χ1n) is 24.4. The number of nitrogens with zero attached hydrogens (tertiary/aromatic N) is 1. The minimum Gasteiger partial charge on any atom is -0.481 e. The van der Waals surface area contributed by atoms with Gasteiger partial charge in [-0.05, 0) is 113 Å². The summed E-state index contributed by atoms with van der Waals surface area (Å²) in [6.45, 7) is 6.39. The van der Waals surface area contributed by atoms with Crippen LogP contribution >= 0.6 is 0 Å². The zero-order valence-corrected chi connectivity index (χ0v) is 40.3. The number of aliphatic hydroxyl groups excluding tert-OH is 2. The van der Waals surface area contributed by atoms with E-state index in [1.165, 1.54) is 31.4 Å². The predicted molar refractivity (Wildman–Crippen MR) is 243 cm³/mol. The Morgan fingerprint density at radius 3 is 2.23 bits per heavy atom. The molecule has 0 heterocycles. The summed E-state index contributed by atoms with van der Waals surface area (Å²) in [5, 5.41) is 61.9. The highest BCUT2D eigenvalue weighted by Crippen LogP contribution is 2.74. The molecule has 8 aliphatic carbocycles. The molecular weight excluding hydrogens is 896 g/mol. The first-order chi connectivity index (χ1) is 32.1. The van der Waals surface area contributed by atoms with Crippen LogP contribution in [-0.4, -0.2) is 134 Å². The lowest BCUT2D eigenvalue weighted by molar-refractivity contribution is -0.250. The van der Waals surface area contributed by atoms with Gasteiger partial charge in [-0.1, -0.05) is 51.0 Å². The van der Waals surface area contributed by atoms with Gasteiger partial charge < -0.3 is 45.3 Å². The molecule has 0 aromatic heterocycles. The number of carbonyl (C=O) groups is 8. The number of aldehydes is 1. The fourth-order valence-corrected chi connectivity index (χ4v) is 16.4. The van der Waals surface area contributed by atoms with E-state index < -0.39 is 142 Å². The molecule has 0 spiro atoms. The van der Waals surface area contributed by atoms with Gasteiger partial charge in [0.1, 0.15) is 23.8 Å². The van der Waals surface area contributed by atoms with Crippen LogP contribution in [0.3, 0.4) is 0 Å². The predicted octanol–water partition coefficient (Wildman–Crippen LogP) is 3.08. The Bertz CT molecular complexity index is 2400. The van der Waals surface area contributed by atoms with Gasteiger partial charge in [0.15, 0.2) is 23.8 Å². The lowest BCUT2D eigenvalue weighted by Crippen LogP contribution is -2.71. The molecule has 0 aliphatic heterocycles. The maximum Gasteiger partial charge on any atom is 0.326 e. The molecule has 0 radical (unpaired) electrons. The number of halogens is 1. The third-order valence-electron chi connectivity index (χ3n) is 20.0. The Morgan fingerprint density at radius 1 is 0.913 bits per heavy atom. The standard InChI is InChI=1S/C52H67FN2O14/c1-28-19-36-35-10-8-30-21-32(58)12-15-46(30,3)51(35,53)38(60)23-48(36,5)52(28,68)49(17-18-56,44(65)66)24-40(62)54-25-41(63)55(6)26-42(64)69-27-39(61)50(67)16-13-34-33-9-7-29-20-31(57)11-14-45(29,2)43(33)37(59)22-47(34,50)4/h11-12,14-15,18,20-21,28,33-38,43,59-60,67-68H,7-10,13,16-17,19,22-27H2,1-6H3,(H,54,62)(H,65,66)/t28-,33?,34?,35?,36?,37+,38+,43?,45+,46+,47+,48+,49?,50+,51+,52-/m1/s1. The van der Waals surface area contributed by atoms with E-state index in [1.807, 2.05) is 13.0 Å². The number of rotatable bonds is 13. The summed E-state index contributed by atoms with van der Waals surface area (Å²) in [7, 11) is 1.23.